The summed E-state index contributed by atoms with van der Waals surface area (Å²) in [5.74, 6) is 0. The number of hydrogen-bond acceptors (Lipinski definition) is 0. The maximum absolute atomic E-state index is 2.48. The zero-order valence-corrected chi connectivity index (χ0v) is 80.8. The van der Waals surface area contributed by atoms with E-state index in [-0.39, 0.29) is 0 Å². The third-order valence-electron chi connectivity index (χ3n) is 30.6. The van der Waals surface area contributed by atoms with E-state index in [1.54, 1.807) is 0 Å². The lowest BCUT2D eigenvalue weighted by Gasteiger charge is -2.16. The van der Waals surface area contributed by atoms with E-state index >= 15 is 0 Å². The molecule has 0 unspecified atom stereocenters. The van der Waals surface area contributed by atoms with Gasteiger partial charge < -0.3 is 27.4 Å². The van der Waals surface area contributed by atoms with Crippen LogP contribution >= 0.6 is 0 Å². The minimum Gasteiger partial charge on any atom is -0.309 e. The van der Waals surface area contributed by atoms with Gasteiger partial charge in [-0.1, -0.05) is 400 Å². The molecule has 0 atom stereocenters. The normalized spacial score (nSPS) is 11.8. The molecule has 0 spiro atoms. The highest BCUT2D eigenvalue weighted by molar-refractivity contribution is 6.27. The van der Waals surface area contributed by atoms with Crippen LogP contribution in [0.5, 0.6) is 0 Å². The van der Waals surface area contributed by atoms with Crippen LogP contribution in [0.3, 0.4) is 0 Å². The predicted molar refractivity (Wildman–Crippen MR) is 628 cm³/mol. The van der Waals surface area contributed by atoms with Crippen LogP contribution < -0.4 is 0 Å². The Morgan fingerprint density at radius 2 is 0.318 bits per heavy atom. The van der Waals surface area contributed by atoms with E-state index in [9.17, 15) is 0 Å². The van der Waals surface area contributed by atoms with Crippen LogP contribution in [0.4, 0.5) is 0 Å². The third kappa shape index (κ3) is 14.0. The van der Waals surface area contributed by atoms with E-state index in [0.29, 0.717) is 0 Å². The summed E-state index contributed by atoms with van der Waals surface area (Å²) in [6, 6.07) is 203. The Hall–Kier alpha value is -19.7. The molecule has 0 aliphatic rings. The molecule has 0 radical (unpaired) electrons. The molecule has 0 N–H and O–H groups in total. The summed E-state index contributed by atoms with van der Waals surface area (Å²) in [5, 5.41) is 25.0. The molecule has 0 bridgehead atoms. The molecule has 148 heavy (non-hydrogen) atoms. The van der Waals surface area contributed by atoms with E-state index < -0.39 is 0 Å². The van der Waals surface area contributed by atoms with Gasteiger partial charge in [-0.2, -0.15) is 0 Å². The Morgan fingerprint density at radius 1 is 0.0946 bits per heavy atom. The smallest absolute Gasteiger partial charge is 0.0625 e. The summed E-state index contributed by atoms with van der Waals surface area (Å²) in [5.41, 5.74) is 36.2. The first kappa shape index (κ1) is 85.1. The summed E-state index contributed by atoms with van der Waals surface area (Å²) in [6.07, 6.45) is 0. The average molecular weight is 1880 g/mol. The van der Waals surface area contributed by atoms with Crippen LogP contribution in [0.1, 0.15) is 0 Å². The van der Waals surface area contributed by atoms with E-state index in [1.807, 2.05) is 0 Å². The van der Waals surface area contributed by atoms with Crippen LogP contribution in [0, 0.1) is 0 Å². The first-order valence-corrected chi connectivity index (χ1v) is 51.0. The molecule has 0 aliphatic carbocycles. The van der Waals surface area contributed by atoms with Gasteiger partial charge in [-0.25, -0.2) is 0 Å². The first-order chi connectivity index (χ1) is 73.5. The maximum Gasteiger partial charge on any atom is 0.0625 e. The first-order valence-electron chi connectivity index (χ1n) is 51.0. The topological polar surface area (TPSA) is 29.6 Å². The van der Waals surface area contributed by atoms with Crippen LogP contribution in [0.2, 0.25) is 0 Å². The molecule has 6 nitrogen and oxygen atoms in total. The Bertz CT molecular complexity index is 10700. The summed E-state index contributed by atoms with van der Waals surface area (Å²) in [4.78, 5) is 0. The summed E-state index contributed by atoms with van der Waals surface area (Å²) in [6.45, 7) is 0. The molecule has 690 valence electrons. The SMILES string of the molecule is c1ccc(-c2ccc(-n3c4ccccc4c4cc5ccccc5c(-c5ccc6c(c5)c5ccccc5n6-c5ccc6ccccc6c5)c43)cc2)cc1.c1ccc(-c2ccc(-n3c4ccccc4c4cc5ccccc5c(-c5ccc6c(c5)c5ccccc5n6-c5ccccc5)c43)cc2)cc1.c1ccc(-c2ccc(-n3c4ccccc4c4cc5ccccc5c(-c5ccc6c7ccccc7n(-c7ccccc7)c6c5)c43)cc2)cc1. The van der Waals surface area contributed by atoms with Gasteiger partial charge in [-0.15, -0.1) is 0 Å². The molecule has 0 aliphatic heterocycles. The van der Waals surface area contributed by atoms with Crippen molar-refractivity contribution in [3.8, 4) is 101 Å². The fraction of sp³-hybridized carbons (Fsp3) is 0. The van der Waals surface area contributed by atoms with Crippen molar-refractivity contribution in [1.29, 1.82) is 0 Å². The standard InChI is InChI=1S/C50H32N2.2C46H30N2/c1-2-12-33(13-3-1)35-22-26-39(27-23-35)52-47-21-11-9-19-43(47)45-31-37-16-6-7-17-41(37)49(50(45)52)38-25-29-48-44(32-38)42-18-8-10-20-46(42)51(48)40-28-24-34-14-4-5-15-36(34)30-40;1-3-13-31(14-4-1)32-23-26-36(27-24-32)48-43-22-12-10-20-39(43)41-29-33-15-7-8-18-37(33)45(46(41)48)34-25-28-44-40(30-34)38-19-9-11-21-42(38)47(44)35-16-5-2-6-17-35;1-3-13-31(14-4-1)32-23-26-36(27-24-32)48-43-22-12-10-20-39(43)41-29-33-15-7-8-18-37(33)45(46(41)48)34-25-28-40-38-19-9-11-21-42(38)47(44(40)30-34)35-16-5-2-6-17-35/h1-32H;2*1-30H. The zero-order valence-electron chi connectivity index (χ0n) is 80.8. The van der Waals surface area contributed by atoms with Gasteiger partial charge in [-0.05, 0) is 251 Å². The van der Waals surface area contributed by atoms with Crippen molar-refractivity contribution < 1.29 is 0 Å². The number of hydrogen-bond donors (Lipinski definition) is 0. The lowest BCUT2D eigenvalue weighted by Crippen LogP contribution is -1.97. The van der Waals surface area contributed by atoms with Crippen LogP contribution in [-0.4, -0.2) is 27.4 Å². The number of fused-ring (bicyclic) bond motifs is 22. The van der Waals surface area contributed by atoms with Gasteiger partial charge in [0.05, 0.1) is 66.2 Å². The second-order valence-corrected chi connectivity index (χ2v) is 38.9. The minimum absolute atomic E-state index is 1.15. The van der Waals surface area contributed by atoms with E-state index in [2.05, 4.69) is 586 Å². The van der Waals surface area contributed by atoms with Gasteiger partial charge in [-0.3, -0.25) is 0 Å². The lowest BCUT2D eigenvalue weighted by atomic mass is 9.93. The van der Waals surface area contributed by atoms with E-state index in [0.717, 1.165) is 22.7 Å². The molecule has 0 fully saturated rings. The second kappa shape index (κ2) is 35.2. The Kier molecular flexibility index (Phi) is 20.2. The van der Waals surface area contributed by atoms with Crippen molar-refractivity contribution in [3.05, 3.63) is 558 Å². The molecular weight excluding hydrogens is 1790 g/mol. The summed E-state index contributed by atoms with van der Waals surface area (Å²) in [7, 11) is 0. The molecule has 6 aromatic heterocycles. The molecule has 31 aromatic rings. The number of nitrogens with zero attached hydrogens (tertiary/aromatic N) is 6. The highest BCUT2D eigenvalue weighted by Crippen LogP contribution is 2.51. The summed E-state index contributed by atoms with van der Waals surface area (Å²) >= 11 is 0. The second-order valence-electron chi connectivity index (χ2n) is 38.9. The quantitative estimate of drug-likeness (QED) is 0.117. The molecule has 31 rings (SSSR count). The third-order valence-corrected chi connectivity index (χ3v) is 30.6. The fourth-order valence-corrected chi connectivity index (χ4v) is 24.0. The molecule has 6 heterocycles. The van der Waals surface area contributed by atoms with Crippen molar-refractivity contribution in [2.45, 2.75) is 0 Å². The highest BCUT2D eigenvalue weighted by Gasteiger charge is 2.28. The highest BCUT2D eigenvalue weighted by atomic mass is 15.0. The Balaban J connectivity index is 0.000000105. The number of para-hydroxylation sites is 8. The van der Waals surface area contributed by atoms with Crippen LogP contribution in [-0.2, 0) is 0 Å². The molecule has 0 amide bonds. The van der Waals surface area contributed by atoms with Crippen molar-refractivity contribution >= 4 is 174 Å². The van der Waals surface area contributed by atoms with Crippen molar-refractivity contribution in [3.63, 3.8) is 0 Å². The largest absolute Gasteiger partial charge is 0.309 e. The number of benzene rings is 25. The molecular formula is C142H92N6. The minimum atomic E-state index is 1.15. The maximum atomic E-state index is 2.48. The van der Waals surface area contributed by atoms with Gasteiger partial charge >= 0.3 is 0 Å². The summed E-state index contributed by atoms with van der Waals surface area (Å²) < 4.78 is 14.6. The van der Waals surface area contributed by atoms with Crippen LogP contribution in [0.25, 0.3) is 275 Å². The number of aromatic nitrogens is 6. The number of rotatable bonds is 12. The Labute approximate surface area is 854 Å². The van der Waals surface area contributed by atoms with Gasteiger partial charge in [0.2, 0.25) is 0 Å². The van der Waals surface area contributed by atoms with Gasteiger partial charge in [0.15, 0.2) is 0 Å². The Morgan fingerprint density at radius 3 is 0.676 bits per heavy atom. The van der Waals surface area contributed by atoms with Crippen molar-refractivity contribution in [2.24, 2.45) is 0 Å². The van der Waals surface area contributed by atoms with Crippen molar-refractivity contribution in [2.75, 3.05) is 0 Å². The van der Waals surface area contributed by atoms with Crippen molar-refractivity contribution in [1.82, 2.24) is 27.4 Å². The van der Waals surface area contributed by atoms with E-state index in [1.165, 1.54) is 252 Å². The molecule has 0 saturated heterocycles. The lowest BCUT2D eigenvalue weighted by molar-refractivity contribution is 1.18. The molecule has 25 aromatic carbocycles. The average Bonchev–Trinajstić information content (AvgIpc) is 1.56. The van der Waals surface area contributed by atoms with Gasteiger partial charge in [0, 0.05) is 115 Å². The van der Waals surface area contributed by atoms with E-state index in [4.69, 9.17) is 0 Å². The zero-order chi connectivity index (χ0) is 97.4. The molecule has 6 heteroatoms. The molecule has 0 saturated carbocycles. The van der Waals surface area contributed by atoms with Gasteiger partial charge in [0.25, 0.3) is 0 Å². The van der Waals surface area contributed by atoms with Gasteiger partial charge in [0.1, 0.15) is 0 Å². The predicted octanol–water partition coefficient (Wildman–Crippen LogP) is 38.3. The fourth-order valence-electron chi connectivity index (χ4n) is 24.0. The monoisotopic (exact) mass is 1880 g/mol. The van der Waals surface area contributed by atoms with Crippen LogP contribution in [0.15, 0.2) is 558 Å².